The van der Waals surface area contributed by atoms with E-state index < -0.39 is 0 Å². The second kappa shape index (κ2) is 14.6. The molecular formula is C56H42N2. The molecule has 276 valence electrons. The van der Waals surface area contributed by atoms with E-state index in [1.54, 1.807) is 0 Å². The van der Waals surface area contributed by atoms with Crippen molar-refractivity contribution in [2.75, 3.05) is 0 Å². The molecule has 0 fully saturated rings. The summed E-state index contributed by atoms with van der Waals surface area (Å²) in [5.74, 6) is 0. The Hall–Kier alpha value is -7.42. The predicted octanol–water partition coefficient (Wildman–Crippen LogP) is 15.1. The lowest BCUT2D eigenvalue weighted by Crippen LogP contribution is -1.95. The number of benzene rings is 8. The fourth-order valence-corrected chi connectivity index (χ4v) is 8.60. The summed E-state index contributed by atoms with van der Waals surface area (Å²) in [7, 11) is 0. The van der Waals surface area contributed by atoms with Crippen LogP contribution in [-0.4, -0.2) is 9.13 Å². The number of allylic oxidation sites excluding steroid dienone is 5. The van der Waals surface area contributed by atoms with E-state index in [4.69, 9.17) is 0 Å². The number of rotatable bonds is 8. The van der Waals surface area contributed by atoms with Gasteiger partial charge in [-0.2, -0.15) is 0 Å². The zero-order valence-electron chi connectivity index (χ0n) is 32.7. The summed E-state index contributed by atoms with van der Waals surface area (Å²) in [5.41, 5.74) is 17.4. The molecule has 0 radical (unpaired) electrons. The maximum Gasteiger partial charge on any atom is 0.0541 e. The Bertz CT molecular complexity index is 3240. The van der Waals surface area contributed by atoms with Crippen molar-refractivity contribution >= 4 is 60.3 Å². The van der Waals surface area contributed by atoms with Crippen molar-refractivity contribution in [2.45, 2.75) is 13.8 Å². The molecule has 0 atom stereocenters. The molecule has 0 aliphatic rings. The second-order valence-electron chi connectivity index (χ2n) is 15.2. The van der Waals surface area contributed by atoms with Gasteiger partial charge in [-0.05, 0) is 131 Å². The first-order valence-electron chi connectivity index (χ1n) is 19.9. The van der Waals surface area contributed by atoms with Crippen molar-refractivity contribution in [3.05, 3.63) is 235 Å². The average molecular weight is 743 g/mol. The molecule has 8 aromatic carbocycles. The van der Waals surface area contributed by atoms with Crippen LogP contribution in [0.4, 0.5) is 0 Å². The van der Waals surface area contributed by atoms with E-state index in [1.807, 2.05) is 6.07 Å². The number of hydrogen-bond acceptors (Lipinski definition) is 0. The molecule has 0 spiro atoms. The highest BCUT2D eigenvalue weighted by Crippen LogP contribution is 2.39. The maximum absolute atomic E-state index is 4.50. The average Bonchev–Trinajstić information content (AvgIpc) is 3.79. The number of aryl methyl sites for hydroxylation is 1. The van der Waals surface area contributed by atoms with Crippen molar-refractivity contribution in [1.82, 2.24) is 9.13 Å². The summed E-state index contributed by atoms with van der Waals surface area (Å²) < 4.78 is 4.80. The number of nitrogens with zero attached hydrogens (tertiary/aromatic N) is 2. The first kappa shape index (κ1) is 35.0. The minimum absolute atomic E-state index is 0.973. The Labute approximate surface area is 339 Å². The van der Waals surface area contributed by atoms with Gasteiger partial charge in [0.2, 0.25) is 0 Å². The van der Waals surface area contributed by atoms with Gasteiger partial charge in [-0.15, -0.1) is 0 Å². The third-order valence-corrected chi connectivity index (χ3v) is 11.5. The third-order valence-electron chi connectivity index (χ3n) is 11.5. The van der Waals surface area contributed by atoms with Crippen molar-refractivity contribution in [2.24, 2.45) is 0 Å². The number of para-hydroxylation sites is 2. The van der Waals surface area contributed by atoms with Crippen LogP contribution in [0, 0.1) is 6.92 Å². The highest BCUT2D eigenvalue weighted by Gasteiger charge is 2.17. The molecule has 0 unspecified atom stereocenters. The highest BCUT2D eigenvalue weighted by molar-refractivity contribution is 6.12. The normalized spacial score (nSPS) is 12.2. The summed E-state index contributed by atoms with van der Waals surface area (Å²) in [6, 6.07) is 70.1. The van der Waals surface area contributed by atoms with Gasteiger partial charge in [0.15, 0.2) is 0 Å². The van der Waals surface area contributed by atoms with Crippen molar-refractivity contribution < 1.29 is 0 Å². The van der Waals surface area contributed by atoms with Crippen molar-refractivity contribution in [3.63, 3.8) is 0 Å². The molecule has 0 aliphatic carbocycles. The van der Waals surface area contributed by atoms with Crippen LogP contribution in [0.15, 0.2) is 213 Å². The Kier molecular flexibility index (Phi) is 8.81. The van der Waals surface area contributed by atoms with E-state index in [0.717, 1.165) is 28.0 Å². The van der Waals surface area contributed by atoms with Gasteiger partial charge in [0.05, 0.1) is 22.1 Å². The van der Waals surface area contributed by atoms with Gasteiger partial charge < -0.3 is 9.13 Å². The Morgan fingerprint density at radius 3 is 1.48 bits per heavy atom. The minimum atomic E-state index is 0.973. The standard InChI is InChI=1S/C56H42N2/c1-38-16-14-22-47(32-38)57-53-26-12-10-24-49(53)51-36-44(28-30-55(51)57)45-29-31-56-52(37-45)50-25-11-13-27-54(50)58(56)48-23-15-21-43(35-48)46(33-39(2)41-17-6-4-7-18-41)34-40(3)42-19-8-5-9-20-42/h4-37H,2H2,1,3H3/b40-34+,46-33+. The largest absolute Gasteiger partial charge is 0.309 e. The second-order valence-corrected chi connectivity index (χ2v) is 15.2. The topological polar surface area (TPSA) is 9.86 Å². The molecule has 0 saturated heterocycles. The number of aromatic nitrogens is 2. The molecule has 10 rings (SSSR count). The molecule has 58 heavy (non-hydrogen) atoms. The Morgan fingerprint density at radius 1 is 0.414 bits per heavy atom. The molecule has 2 heteroatoms. The van der Waals surface area contributed by atoms with Crippen LogP contribution in [0.5, 0.6) is 0 Å². The zero-order valence-corrected chi connectivity index (χ0v) is 32.7. The molecule has 2 heterocycles. The maximum atomic E-state index is 4.50. The fraction of sp³-hybridized carbons (Fsp3) is 0.0357. The van der Waals surface area contributed by atoms with Gasteiger partial charge in [0.1, 0.15) is 0 Å². The number of fused-ring (bicyclic) bond motifs is 6. The lowest BCUT2D eigenvalue weighted by Gasteiger charge is -2.13. The van der Waals surface area contributed by atoms with Crippen molar-refractivity contribution in [1.29, 1.82) is 0 Å². The summed E-state index contributed by atoms with van der Waals surface area (Å²) >= 11 is 0. The molecule has 0 N–H and O–H groups in total. The van der Waals surface area contributed by atoms with E-state index >= 15 is 0 Å². The van der Waals surface area contributed by atoms with Crippen LogP contribution in [0.2, 0.25) is 0 Å². The van der Waals surface area contributed by atoms with E-state index in [1.165, 1.54) is 77.1 Å². The smallest absolute Gasteiger partial charge is 0.0541 e. The summed E-state index contributed by atoms with van der Waals surface area (Å²) in [5, 5.41) is 4.97. The van der Waals surface area contributed by atoms with Crippen LogP contribution < -0.4 is 0 Å². The Balaban J connectivity index is 1.10. The molecule has 0 saturated carbocycles. The molecular weight excluding hydrogens is 701 g/mol. The predicted molar refractivity (Wildman–Crippen MR) is 249 cm³/mol. The minimum Gasteiger partial charge on any atom is -0.309 e. The van der Waals surface area contributed by atoms with Gasteiger partial charge in [-0.25, -0.2) is 0 Å². The number of hydrogen-bond donors (Lipinski definition) is 0. The summed E-state index contributed by atoms with van der Waals surface area (Å²) in [4.78, 5) is 0. The molecule has 2 nitrogen and oxygen atoms in total. The lowest BCUT2D eigenvalue weighted by molar-refractivity contribution is 1.17. The van der Waals surface area contributed by atoms with Crippen LogP contribution in [0.1, 0.15) is 29.2 Å². The quantitative estimate of drug-likeness (QED) is 0.137. The first-order valence-corrected chi connectivity index (χ1v) is 19.9. The third kappa shape index (κ3) is 6.26. The van der Waals surface area contributed by atoms with Gasteiger partial charge >= 0.3 is 0 Å². The zero-order chi connectivity index (χ0) is 39.2. The van der Waals surface area contributed by atoms with Crippen LogP contribution in [-0.2, 0) is 0 Å². The monoisotopic (exact) mass is 742 g/mol. The van der Waals surface area contributed by atoms with Gasteiger partial charge in [-0.3, -0.25) is 0 Å². The van der Waals surface area contributed by atoms with Gasteiger partial charge in [0, 0.05) is 32.9 Å². The first-order chi connectivity index (χ1) is 28.5. The van der Waals surface area contributed by atoms with Gasteiger partial charge in [0.25, 0.3) is 0 Å². The van der Waals surface area contributed by atoms with E-state index in [0.29, 0.717) is 0 Å². The highest BCUT2D eigenvalue weighted by atomic mass is 15.0. The van der Waals surface area contributed by atoms with E-state index in [9.17, 15) is 0 Å². The fourth-order valence-electron chi connectivity index (χ4n) is 8.60. The lowest BCUT2D eigenvalue weighted by atomic mass is 9.96. The molecule has 0 bridgehead atoms. The van der Waals surface area contributed by atoms with E-state index in [-0.39, 0.29) is 0 Å². The van der Waals surface area contributed by atoms with Crippen LogP contribution >= 0.6 is 0 Å². The van der Waals surface area contributed by atoms with Crippen LogP contribution in [0.3, 0.4) is 0 Å². The SMILES string of the molecule is C=C(/C=C(\C=C(/C)c1ccccc1)c1cccc(-n2c3ccccc3c3cc(-c4ccc5c(c4)c4ccccc4n5-c4cccc(C)c4)ccc32)c1)c1ccccc1. The van der Waals surface area contributed by atoms with Crippen molar-refractivity contribution in [3.8, 4) is 22.5 Å². The molecule has 2 aromatic heterocycles. The Morgan fingerprint density at radius 2 is 0.897 bits per heavy atom. The molecule has 0 amide bonds. The van der Waals surface area contributed by atoms with Crippen LogP contribution in [0.25, 0.3) is 82.8 Å². The molecule has 0 aliphatic heterocycles. The van der Waals surface area contributed by atoms with Gasteiger partial charge in [-0.1, -0.05) is 146 Å². The summed E-state index contributed by atoms with van der Waals surface area (Å²) in [6.45, 7) is 8.83. The van der Waals surface area contributed by atoms with E-state index in [2.05, 4.69) is 230 Å². The summed E-state index contributed by atoms with van der Waals surface area (Å²) in [6.07, 6.45) is 4.50. The molecule has 10 aromatic rings.